The lowest BCUT2D eigenvalue weighted by Crippen LogP contribution is -2.30. The van der Waals surface area contributed by atoms with E-state index in [-0.39, 0.29) is 0 Å². The van der Waals surface area contributed by atoms with Gasteiger partial charge in [-0.05, 0) is 54.5 Å². The number of hydrogen-bond donors (Lipinski definition) is 0. The molecule has 0 spiro atoms. The van der Waals surface area contributed by atoms with E-state index < -0.39 is 0 Å². The van der Waals surface area contributed by atoms with Gasteiger partial charge < -0.3 is 0 Å². The Morgan fingerprint density at radius 3 is 3.06 bits per heavy atom. The highest BCUT2D eigenvalue weighted by atomic mass is 79.9. The van der Waals surface area contributed by atoms with Crippen molar-refractivity contribution in [3.8, 4) is 0 Å². The van der Waals surface area contributed by atoms with Crippen LogP contribution in [0.4, 0.5) is 0 Å². The van der Waals surface area contributed by atoms with Crippen molar-refractivity contribution in [2.45, 2.75) is 25.3 Å². The van der Waals surface area contributed by atoms with Crippen molar-refractivity contribution in [3.63, 3.8) is 0 Å². The second kappa shape index (κ2) is 4.38. The summed E-state index contributed by atoms with van der Waals surface area (Å²) in [6, 6.07) is 4.34. The topological polar surface area (TPSA) is 33.4 Å². The lowest BCUT2D eigenvalue weighted by molar-refractivity contribution is 0.179. The predicted molar refractivity (Wildman–Crippen MR) is 69.9 cm³/mol. The summed E-state index contributed by atoms with van der Waals surface area (Å²) in [4.78, 5) is 7.00. The summed E-state index contributed by atoms with van der Waals surface area (Å²) in [5.74, 6) is 0.944. The number of rotatable bonds is 1. The molecule has 1 saturated heterocycles. The van der Waals surface area contributed by atoms with Crippen LogP contribution >= 0.6 is 15.9 Å². The molecule has 0 aromatic carbocycles. The van der Waals surface area contributed by atoms with Gasteiger partial charge >= 0.3 is 0 Å². The first kappa shape index (κ1) is 11.2. The molecule has 1 unspecified atom stereocenters. The fraction of sp³-hybridized carbons (Fsp3) is 0.500. The van der Waals surface area contributed by atoms with Crippen LogP contribution in [0.1, 0.15) is 31.1 Å². The normalized spacial score (nSPS) is 22.1. The zero-order chi connectivity index (χ0) is 11.8. The Balaban J connectivity index is 2.02. The van der Waals surface area contributed by atoms with E-state index in [1.165, 1.54) is 12.8 Å². The molecule has 0 N–H and O–H groups in total. The van der Waals surface area contributed by atoms with E-state index in [1.807, 2.05) is 22.8 Å². The summed E-state index contributed by atoms with van der Waals surface area (Å²) in [7, 11) is 2.16. The molecule has 2 aromatic rings. The zero-order valence-electron chi connectivity index (χ0n) is 9.80. The van der Waals surface area contributed by atoms with Crippen LogP contribution in [0.5, 0.6) is 0 Å². The smallest absolute Gasteiger partial charge is 0.169 e. The van der Waals surface area contributed by atoms with Crippen LogP contribution in [0.2, 0.25) is 0 Å². The molecule has 0 amide bonds. The van der Waals surface area contributed by atoms with Crippen molar-refractivity contribution in [2.24, 2.45) is 0 Å². The number of nitrogens with zero attached hydrogens (tertiary/aromatic N) is 4. The minimum Gasteiger partial charge on any atom is -0.296 e. The average molecular weight is 295 g/mol. The van der Waals surface area contributed by atoms with Gasteiger partial charge in [-0.2, -0.15) is 0 Å². The van der Waals surface area contributed by atoms with E-state index in [9.17, 15) is 0 Å². The summed E-state index contributed by atoms with van der Waals surface area (Å²) < 4.78 is 2.85. The monoisotopic (exact) mass is 294 g/mol. The van der Waals surface area contributed by atoms with E-state index in [0.717, 1.165) is 28.9 Å². The number of halogens is 1. The van der Waals surface area contributed by atoms with E-state index in [4.69, 9.17) is 0 Å². The average Bonchev–Trinajstić information content (AvgIpc) is 2.75. The largest absolute Gasteiger partial charge is 0.296 e. The minimum atomic E-state index is 0.371. The summed E-state index contributed by atoms with van der Waals surface area (Å²) in [6.07, 6.45) is 5.65. The number of pyridine rings is 1. The highest BCUT2D eigenvalue weighted by Gasteiger charge is 2.24. The zero-order valence-corrected chi connectivity index (χ0v) is 11.4. The Morgan fingerprint density at radius 2 is 2.29 bits per heavy atom. The molecule has 1 atom stereocenters. The molecular formula is C12H15BrN4. The van der Waals surface area contributed by atoms with Gasteiger partial charge in [-0.25, -0.2) is 9.50 Å². The van der Waals surface area contributed by atoms with E-state index >= 15 is 0 Å². The number of fused-ring (bicyclic) bond motifs is 1. The van der Waals surface area contributed by atoms with Gasteiger partial charge in [0, 0.05) is 6.20 Å². The number of hydrogen-bond acceptors (Lipinski definition) is 3. The van der Waals surface area contributed by atoms with Gasteiger partial charge in [-0.3, -0.25) is 4.90 Å². The third-order valence-electron chi connectivity index (χ3n) is 3.40. The minimum absolute atomic E-state index is 0.371. The molecule has 0 bridgehead atoms. The van der Waals surface area contributed by atoms with Crippen LogP contribution < -0.4 is 0 Å². The van der Waals surface area contributed by atoms with Crippen molar-refractivity contribution >= 4 is 21.6 Å². The van der Waals surface area contributed by atoms with Gasteiger partial charge in [-0.15, -0.1) is 5.10 Å². The fourth-order valence-electron chi connectivity index (χ4n) is 2.43. The van der Waals surface area contributed by atoms with Crippen molar-refractivity contribution in [3.05, 3.63) is 28.6 Å². The second-order valence-corrected chi connectivity index (χ2v) is 5.44. The molecule has 0 radical (unpaired) electrons. The highest BCUT2D eigenvalue weighted by Crippen LogP contribution is 2.28. The molecular weight excluding hydrogens is 280 g/mol. The van der Waals surface area contributed by atoms with Crippen LogP contribution in [0, 0.1) is 0 Å². The maximum Gasteiger partial charge on any atom is 0.169 e. The highest BCUT2D eigenvalue weighted by molar-refractivity contribution is 9.10. The summed E-state index contributed by atoms with van der Waals surface area (Å²) in [5.41, 5.74) is 0.904. The Bertz CT molecular complexity index is 536. The molecule has 17 heavy (non-hydrogen) atoms. The molecule has 1 aliphatic rings. The maximum absolute atomic E-state index is 4.65. The Morgan fingerprint density at radius 1 is 1.41 bits per heavy atom. The summed E-state index contributed by atoms with van der Waals surface area (Å²) in [5, 5.41) is 4.58. The molecule has 5 heteroatoms. The number of piperidine rings is 1. The quantitative estimate of drug-likeness (QED) is 0.811. The molecule has 3 rings (SSSR count). The summed E-state index contributed by atoms with van der Waals surface area (Å²) >= 11 is 3.51. The second-order valence-electron chi connectivity index (χ2n) is 4.59. The van der Waals surface area contributed by atoms with Crippen LogP contribution in [0.3, 0.4) is 0 Å². The maximum atomic E-state index is 4.65. The summed E-state index contributed by atoms with van der Waals surface area (Å²) in [6.45, 7) is 1.14. The van der Waals surface area contributed by atoms with Crippen LogP contribution in [0.25, 0.3) is 5.65 Å². The molecule has 2 aromatic heterocycles. The van der Waals surface area contributed by atoms with Gasteiger partial charge in [0.2, 0.25) is 0 Å². The van der Waals surface area contributed by atoms with E-state index in [2.05, 4.69) is 38.0 Å². The number of likely N-dealkylation sites (tertiary alicyclic amines) is 1. The fourth-order valence-corrected chi connectivity index (χ4v) is 2.86. The molecule has 1 aliphatic heterocycles. The molecule has 1 fully saturated rings. The first-order valence-corrected chi connectivity index (χ1v) is 6.76. The Kier molecular flexibility index (Phi) is 2.88. The third-order valence-corrected chi connectivity index (χ3v) is 4.02. The van der Waals surface area contributed by atoms with Gasteiger partial charge in [-0.1, -0.05) is 6.42 Å². The Hall–Kier alpha value is -0.940. The predicted octanol–water partition coefficient (Wildman–Crippen LogP) is 2.65. The molecule has 3 heterocycles. The van der Waals surface area contributed by atoms with Gasteiger partial charge in [0.25, 0.3) is 0 Å². The van der Waals surface area contributed by atoms with Gasteiger partial charge in [0.1, 0.15) is 0 Å². The van der Waals surface area contributed by atoms with E-state index in [0.29, 0.717) is 6.04 Å². The standard InChI is InChI=1S/C12H15BrN4/c1-16-7-3-2-6-10(16)11-14-12-9(13)5-4-8-17(12)15-11/h4-5,8,10H,2-3,6-7H2,1H3. The molecule has 0 aliphatic carbocycles. The Labute approximate surface area is 109 Å². The third kappa shape index (κ3) is 1.98. The lowest BCUT2D eigenvalue weighted by Gasteiger charge is -2.30. The van der Waals surface area contributed by atoms with E-state index in [1.54, 1.807) is 0 Å². The first-order chi connectivity index (χ1) is 8.25. The van der Waals surface area contributed by atoms with Crippen LogP contribution in [-0.2, 0) is 0 Å². The van der Waals surface area contributed by atoms with Crippen LogP contribution in [0.15, 0.2) is 22.8 Å². The van der Waals surface area contributed by atoms with Crippen molar-refractivity contribution in [1.82, 2.24) is 19.5 Å². The number of aromatic nitrogens is 3. The van der Waals surface area contributed by atoms with Crippen LogP contribution in [-0.4, -0.2) is 33.1 Å². The van der Waals surface area contributed by atoms with Gasteiger partial charge in [0.15, 0.2) is 11.5 Å². The molecule has 90 valence electrons. The van der Waals surface area contributed by atoms with Crippen molar-refractivity contribution < 1.29 is 0 Å². The van der Waals surface area contributed by atoms with Gasteiger partial charge in [0.05, 0.1) is 10.5 Å². The van der Waals surface area contributed by atoms with Crippen molar-refractivity contribution in [2.75, 3.05) is 13.6 Å². The lowest BCUT2D eigenvalue weighted by atomic mass is 10.0. The SMILES string of the molecule is CN1CCCCC1c1nc2c(Br)cccn2n1. The van der Waals surface area contributed by atoms with Crippen molar-refractivity contribution in [1.29, 1.82) is 0 Å². The first-order valence-electron chi connectivity index (χ1n) is 5.97. The molecule has 0 saturated carbocycles. The molecule has 4 nitrogen and oxygen atoms in total.